The Labute approximate surface area is 200 Å². The minimum Gasteiger partial charge on any atom is -0.497 e. The van der Waals surface area contributed by atoms with Crippen molar-refractivity contribution in [2.75, 3.05) is 18.2 Å². The number of hydrogen-bond acceptors (Lipinski definition) is 6. The topological polar surface area (TPSA) is 78.3 Å². The number of anilines is 1. The van der Waals surface area contributed by atoms with Crippen LogP contribution in [0.15, 0.2) is 60.3 Å². The largest absolute Gasteiger partial charge is 0.497 e. The monoisotopic (exact) mass is 492 g/mol. The number of hydrogen-bond donors (Lipinski definition) is 1. The SMILES string of the molecule is C=CCn1c(SCC(=O)Nc2ccc(Cl)cc2Cl)nnc1C(C)Oc1cccc(OC)c1. The Morgan fingerprint density at radius 2 is 2.03 bits per heavy atom. The van der Waals surface area contributed by atoms with E-state index in [9.17, 15) is 4.79 Å². The van der Waals surface area contributed by atoms with E-state index in [2.05, 4.69) is 22.1 Å². The number of amides is 1. The van der Waals surface area contributed by atoms with E-state index >= 15 is 0 Å². The number of benzene rings is 2. The van der Waals surface area contributed by atoms with E-state index < -0.39 is 0 Å². The Hall–Kier alpha value is -2.68. The minimum atomic E-state index is -0.384. The molecule has 1 heterocycles. The molecule has 0 aliphatic carbocycles. The van der Waals surface area contributed by atoms with Crippen LogP contribution in [0.25, 0.3) is 0 Å². The van der Waals surface area contributed by atoms with Crippen LogP contribution >= 0.6 is 35.0 Å². The summed E-state index contributed by atoms with van der Waals surface area (Å²) in [4.78, 5) is 12.4. The first-order valence-electron chi connectivity index (χ1n) is 9.63. The quantitative estimate of drug-likeness (QED) is 0.291. The number of thioether (sulfide) groups is 1. The highest BCUT2D eigenvalue weighted by Crippen LogP contribution is 2.28. The van der Waals surface area contributed by atoms with E-state index in [1.54, 1.807) is 37.5 Å². The lowest BCUT2D eigenvalue weighted by Crippen LogP contribution is -2.15. The summed E-state index contributed by atoms with van der Waals surface area (Å²) in [6, 6.07) is 12.2. The molecule has 0 aliphatic rings. The molecule has 3 aromatic rings. The Bertz CT molecular complexity index is 1110. The van der Waals surface area contributed by atoms with E-state index in [1.807, 2.05) is 29.7 Å². The second-order valence-electron chi connectivity index (χ2n) is 6.64. The number of ether oxygens (including phenoxy) is 2. The van der Waals surface area contributed by atoms with Gasteiger partial charge in [-0.15, -0.1) is 16.8 Å². The smallest absolute Gasteiger partial charge is 0.234 e. The van der Waals surface area contributed by atoms with Crippen molar-refractivity contribution in [2.45, 2.75) is 24.7 Å². The highest BCUT2D eigenvalue weighted by Gasteiger charge is 2.20. The molecule has 0 aliphatic heterocycles. The molecule has 0 fully saturated rings. The van der Waals surface area contributed by atoms with Crippen molar-refractivity contribution in [3.8, 4) is 11.5 Å². The van der Waals surface area contributed by atoms with Gasteiger partial charge in [-0.25, -0.2) is 0 Å². The fourth-order valence-electron chi connectivity index (χ4n) is 2.85. The lowest BCUT2D eigenvalue weighted by molar-refractivity contribution is -0.113. The van der Waals surface area contributed by atoms with E-state index in [0.29, 0.717) is 44.8 Å². The van der Waals surface area contributed by atoms with Crippen molar-refractivity contribution in [1.29, 1.82) is 0 Å². The molecule has 3 rings (SSSR count). The Morgan fingerprint density at radius 1 is 1.25 bits per heavy atom. The van der Waals surface area contributed by atoms with Crippen molar-refractivity contribution in [2.24, 2.45) is 0 Å². The average Bonchev–Trinajstić information content (AvgIpc) is 3.17. The molecule has 0 spiro atoms. The third kappa shape index (κ3) is 6.18. The molecule has 0 radical (unpaired) electrons. The van der Waals surface area contributed by atoms with Gasteiger partial charge in [0.15, 0.2) is 17.1 Å². The van der Waals surface area contributed by atoms with E-state index in [1.165, 1.54) is 11.8 Å². The van der Waals surface area contributed by atoms with Gasteiger partial charge in [-0.1, -0.05) is 47.1 Å². The maximum Gasteiger partial charge on any atom is 0.234 e. The van der Waals surface area contributed by atoms with Crippen LogP contribution in [0.5, 0.6) is 11.5 Å². The predicted molar refractivity (Wildman–Crippen MR) is 128 cm³/mol. The van der Waals surface area contributed by atoms with Crippen LogP contribution in [0.4, 0.5) is 5.69 Å². The number of allylic oxidation sites excluding steroid dienone is 1. The van der Waals surface area contributed by atoms with Crippen LogP contribution in [0, 0.1) is 0 Å². The number of rotatable bonds is 10. The van der Waals surface area contributed by atoms with Gasteiger partial charge in [0.25, 0.3) is 0 Å². The summed E-state index contributed by atoms with van der Waals surface area (Å²) in [6.07, 6.45) is 1.36. The predicted octanol–water partition coefficient (Wildman–Crippen LogP) is 5.65. The lowest BCUT2D eigenvalue weighted by atomic mass is 10.3. The summed E-state index contributed by atoms with van der Waals surface area (Å²) in [5.74, 6) is 1.87. The molecule has 168 valence electrons. The number of halogens is 2. The van der Waals surface area contributed by atoms with Gasteiger partial charge in [-0.3, -0.25) is 9.36 Å². The maximum atomic E-state index is 12.4. The van der Waals surface area contributed by atoms with Gasteiger partial charge in [-0.05, 0) is 37.3 Å². The standard InChI is InChI=1S/C22H22Cl2N4O3S/c1-4-10-28-21(14(2)31-17-7-5-6-16(12-17)30-3)26-27-22(28)32-13-20(29)25-19-9-8-15(23)11-18(19)24/h4-9,11-12,14H,1,10,13H2,2-3H3,(H,25,29). The lowest BCUT2D eigenvalue weighted by Gasteiger charge is -2.16. The third-order valence-corrected chi connectivity index (χ3v) is 5.83. The molecule has 2 aromatic carbocycles. The molecule has 1 N–H and O–H groups in total. The number of carbonyl (C=O) groups excluding carboxylic acids is 1. The number of aromatic nitrogens is 3. The average molecular weight is 493 g/mol. The van der Waals surface area contributed by atoms with Crippen molar-refractivity contribution in [3.63, 3.8) is 0 Å². The van der Waals surface area contributed by atoms with Gasteiger partial charge < -0.3 is 14.8 Å². The van der Waals surface area contributed by atoms with Crippen LogP contribution in [-0.4, -0.2) is 33.5 Å². The maximum absolute atomic E-state index is 12.4. The summed E-state index contributed by atoms with van der Waals surface area (Å²) >= 11 is 13.3. The van der Waals surface area contributed by atoms with E-state index in [0.717, 1.165) is 0 Å². The highest BCUT2D eigenvalue weighted by molar-refractivity contribution is 7.99. The van der Waals surface area contributed by atoms with Crippen molar-refractivity contribution in [1.82, 2.24) is 14.8 Å². The first-order valence-corrected chi connectivity index (χ1v) is 11.4. The number of carbonyl (C=O) groups is 1. The van der Waals surface area contributed by atoms with Crippen LogP contribution < -0.4 is 14.8 Å². The fourth-order valence-corrected chi connectivity index (χ4v) is 4.06. The molecule has 1 atom stereocenters. The molecule has 1 unspecified atom stereocenters. The minimum absolute atomic E-state index is 0.124. The summed E-state index contributed by atoms with van der Waals surface area (Å²) in [5, 5.41) is 12.7. The summed E-state index contributed by atoms with van der Waals surface area (Å²) in [6.45, 7) is 6.16. The van der Waals surface area contributed by atoms with Gasteiger partial charge in [0, 0.05) is 17.6 Å². The molecule has 1 aromatic heterocycles. The Morgan fingerprint density at radius 3 is 2.75 bits per heavy atom. The third-order valence-electron chi connectivity index (χ3n) is 4.31. The molecule has 1 amide bonds. The van der Waals surface area contributed by atoms with Crippen LogP contribution in [0.1, 0.15) is 18.9 Å². The molecule has 0 saturated heterocycles. The van der Waals surface area contributed by atoms with Gasteiger partial charge in [0.05, 0.1) is 23.6 Å². The van der Waals surface area contributed by atoms with E-state index in [4.69, 9.17) is 32.7 Å². The first kappa shape index (κ1) is 24.0. The van der Waals surface area contributed by atoms with Crippen LogP contribution in [0.3, 0.4) is 0 Å². The van der Waals surface area contributed by atoms with Crippen molar-refractivity contribution in [3.05, 3.63) is 71.0 Å². The van der Waals surface area contributed by atoms with Gasteiger partial charge in [-0.2, -0.15) is 0 Å². The summed E-state index contributed by atoms with van der Waals surface area (Å²) < 4.78 is 13.1. The Kier molecular flexibility index (Phi) is 8.44. The number of nitrogens with one attached hydrogen (secondary N) is 1. The zero-order valence-electron chi connectivity index (χ0n) is 17.5. The normalized spacial score (nSPS) is 11.6. The zero-order chi connectivity index (χ0) is 23.1. The van der Waals surface area contributed by atoms with Crippen molar-refractivity contribution >= 4 is 46.6 Å². The van der Waals surface area contributed by atoms with Crippen LogP contribution in [-0.2, 0) is 11.3 Å². The van der Waals surface area contributed by atoms with Crippen molar-refractivity contribution < 1.29 is 14.3 Å². The molecule has 32 heavy (non-hydrogen) atoms. The van der Waals surface area contributed by atoms with Crippen LogP contribution in [0.2, 0.25) is 10.0 Å². The zero-order valence-corrected chi connectivity index (χ0v) is 19.9. The summed E-state index contributed by atoms with van der Waals surface area (Å²) in [7, 11) is 1.60. The molecule has 0 saturated carbocycles. The van der Waals surface area contributed by atoms with Gasteiger partial charge in [0.2, 0.25) is 5.91 Å². The Balaban J connectivity index is 1.68. The second kappa shape index (κ2) is 11.3. The fraction of sp³-hybridized carbons (Fsp3) is 0.227. The van der Waals surface area contributed by atoms with E-state index in [-0.39, 0.29) is 17.8 Å². The molecular weight excluding hydrogens is 471 g/mol. The summed E-state index contributed by atoms with van der Waals surface area (Å²) in [5.41, 5.74) is 0.496. The van der Waals surface area contributed by atoms with Gasteiger partial charge >= 0.3 is 0 Å². The second-order valence-corrected chi connectivity index (χ2v) is 8.43. The molecular formula is C22H22Cl2N4O3S. The molecule has 7 nitrogen and oxygen atoms in total. The number of nitrogens with zero attached hydrogens (tertiary/aromatic N) is 3. The number of methoxy groups -OCH3 is 1. The molecule has 0 bridgehead atoms. The molecule has 10 heteroatoms. The first-order chi connectivity index (χ1) is 15.4. The highest BCUT2D eigenvalue weighted by atomic mass is 35.5. The van der Waals surface area contributed by atoms with Gasteiger partial charge in [0.1, 0.15) is 11.5 Å².